The summed E-state index contributed by atoms with van der Waals surface area (Å²) in [6.07, 6.45) is 0. The van der Waals surface area contributed by atoms with Gasteiger partial charge in [0.1, 0.15) is 5.75 Å². The SMILES string of the molecule is CCOCCN(CC)CC(=O)c1ccc(OCC)cc1. The topological polar surface area (TPSA) is 38.8 Å². The van der Waals surface area contributed by atoms with Gasteiger partial charge in [-0.2, -0.15) is 0 Å². The van der Waals surface area contributed by atoms with E-state index >= 15 is 0 Å². The van der Waals surface area contributed by atoms with Crippen molar-refractivity contribution in [3.8, 4) is 5.75 Å². The Morgan fingerprint density at radius 3 is 2.35 bits per heavy atom. The van der Waals surface area contributed by atoms with Gasteiger partial charge in [0.15, 0.2) is 5.78 Å². The van der Waals surface area contributed by atoms with Crippen molar-refractivity contribution in [3.05, 3.63) is 29.8 Å². The second-order valence-corrected chi connectivity index (χ2v) is 4.45. The molecule has 0 saturated heterocycles. The molecule has 0 aliphatic carbocycles. The maximum atomic E-state index is 12.2. The number of likely N-dealkylation sites (N-methyl/N-ethyl adjacent to an activating group) is 1. The number of rotatable bonds is 10. The average Bonchev–Trinajstić information content (AvgIpc) is 2.47. The molecule has 0 amide bonds. The molecule has 1 aromatic carbocycles. The summed E-state index contributed by atoms with van der Waals surface area (Å²) in [6.45, 7) is 10.0. The molecule has 1 rings (SSSR count). The van der Waals surface area contributed by atoms with E-state index in [0.29, 0.717) is 26.4 Å². The molecule has 0 fully saturated rings. The minimum atomic E-state index is 0.131. The summed E-state index contributed by atoms with van der Waals surface area (Å²) >= 11 is 0. The summed E-state index contributed by atoms with van der Waals surface area (Å²) in [5.74, 6) is 0.930. The number of nitrogens with zero attached hydrogens (tertiary/aromatic N) is 1. The summed E-state index contributed by atoms with van der Waals surface area (Å²) in [5.41, 5.74) is 0.725. The Kier molecular flexibility index (Phi) is 7.92. The molecule has 0 aliphatic heterocycles. The van der Waals surface area contributed by atoms with Crippen molar-refractivity contribution in [1.82, 2.24) is 4.90 Å². The van der Waals surface area contributed by atoms with Crippen LogP contribution in [0, 0.1) is 0 Å². The molecule has 1 aromatic rings. The van der Waals surface area contributed by atoms with Crippen molar-refractivity contribution >= 4 is 5.78 Å². The van der Waals surface area contributed by atoms with Crippen LogP contribution in [0.25, 0.3) is 0 Å². The molecular formula is C16H25NO3. The van der Waals surface area contributed by atoms with Crippen molar-refractivity contribution in [2.45, 2.75) is 20.8 Å². The zero-order chi connectivity index (χ0) is 14.8. The van der Waals surface area contributed by atoms with Gasteiger partial charge in [-0.25, -0.2) is 0 Å². The zero-order valence-corrected chi connectivity index (χ0v) is 12.7. The van der Waals surface area contributed by atoms with E-state index in [1.165, 1.54) is 0 Å². The van der Waals surface area contributed by atoms with E-state index in [0.717, 1.165) is 24.4 Å². The fourth-order valence-electron chi connectivity index (χ4n) is 1.89. The lowest BCUT2D eigenvalue weighted by molar-refractivity contribution is 0.0867. The number of hydrogen-bond acceptors (Lipinski definition) is 4. The predicted molar refractivity (Wildman–Crippen MR) is 80.5 cm³/mol. The van der Waals surface area contributed by atoms with Gasteiger partial charge >= 0.3 is 0 Å². The Balaban J connectivity index is 2.51. The third kappa shape index (κ3) is 5.72. The number of carbonyl (C=O) groups excluding carboxylic acids is 1. The van der Waals surface area contributed by atoms with Crippen molar-refractivity contribution < 1.29 is 14.3 Å². The predicted octanol–water partition coefficient (Wildman–Crippen LogP) is 2.63. The number of ketones is 1. The van der Waals surface area contributed by atoms with Crippen LogP contribution in [-0.4, -0.2) is 50.1 Å². The number of Topliss-reactive ketones (excluding diaryl/α,β-unsaturated/α-hetero) is 1. The zero-order valence-electron chi connectivity index (χ0n) is 12.7. The van der Waals surface area contributed by atoms with Gasteiger partial charge in [-0.05, 0) is 44.7 Å². The molecule has 0 N–H and O–H groups in total. The largest absolute Gasteiger partial charge is 0.494 e. The van der Waals surface area contributed by atoms with Crippen molar-refractivity contribution in [1.29, 1.82) is 0 Å². The van der Waals surface area contributed by atoms with Crippen molar-refractivity contribution in [3.63, 3.8) is 0 Å². The molecule has 0 aliphatic rings. The lowest BCUT2D eigenvalue weighted by Gasteiger charge is -2.19. The molecule has 4 nitrogen and oxygen atoms in total. The minimum Gasteiger partial charge on any atom is -0.494 e. The van der Waals surface area contributed by atoms with Crippen LogP contribution in [0.4, 0.5) is 0 Å². The Hall–Kier alpha value is -1.39. The maximum absolute atomic E-state index is 12.2. The lowest BCUT2D eigenvalue weighted by Crippen LogP contribution is -2.32. The van der Waals surface area contributed by atoms with E-state index in [2.05, 4.69) is 11.8 Å². The first-order valence-corrected chi connectivity index (χ1v) is 7.27. The molecule has 0 saturated carbocycles. The molecule has 0 radical (unpaired) electrons. The van der Waals surface area contributed by atoms with E-state index < -0.39 is 0 Å². The number of benzene rings is 1. The molecule has 20 heavy (non-hydrogen) atoms. The molecule has 4 heteroatoms. The van der Waals surface area contributed by atoms with Gasteiger partial charge < -0.3 is 9.47 Å². The summed E-state index contributed by atoms with van der Waals surface area (Å²) in [4.78, 5) is 14.3. The molecule has 0 spiro atoms. The molecule has 0 atom stereocenters. The normalized spacial score (nSPS) is 10.8. The van der Waals surface area contributed by atoms with Crippen LogP contribution in [0.3, 0.4) is 0 Å². The molecule has 0 bridgehead atoms. The number of hydrogen-bond donors (Lipinski definition) is 0. The van der Waals surface area contributed by atoms with Gasteiger partial charge in [-0.15, -0.1) is 0 Å². The average molecular weight is 279 g/mol. The van der Waals surface area contributed by atoms with Gasteiger partial charge in [-0.3, -0.25) is 9.69 Å². The van der Waals surface area contributed by atoms with Crippen LogP contribution >= 0.6 is 0 Å². The minimum absolute atomic E-state index is 0.131. The van der Waals surface area contributed by atoms with E-state index in [-0.39, 0.29) is 5.78 Å². The van der Waals surface area contributed by atoms with Crippen LogP contribution in [0.5, 0.6) is 5.75 Å². The van der Waals surface area contributed by atoms with Crippen LogP contribution in [0.2, 0.25) is 0 Å². The van der Waals surface area contributed by atoms with E-state index in [4.69, 9.17) is 9.47 Å². The molecular weight excluding hydrogens is 254 g/mol. The first-order chi connectivity index (χ1) is 9.71. The fourth-order valence-corrected chi connectivity index (χ4v) is 1.89. The van der Waals surface area contributed by atoms with Crippen LogP contribution in [0.1, 0.15) is 31.1 Å². The van der Waals surface area contributed by atoms with E-state index in [9.17, 15) is 4.79 Å². The second-order valence-electron chi connectivity index (χ2n) is 4.45. The van der Waals surface area contributed by atoms with Gasteiger partial charge in [0.2, 0.25) is 0 Å². The van der Waals surface area contributed by atoms with Gasteiger partial charge in [0.25, 0.3) is 0 Å². The fraction of sp³-hybridized carbons (Fsp3) is 0.562. The van der Waals surface area contributed by atoms with Gasteiger partial charge in [0, 0.05) is 18.7 Å². The standard InChI is InChI=1S/C16H25NO3/c1-4-17(11-12-19-5-2)13-16(18)14-7-9-15(10-8-14)20-6-3/h7-10H,4-6,11-13H2,1-3H3. The van der Waals surface area contributed by atoms with Crippen molar-refractivity contribution in [2.24, 2.45) is 0 Å². The first-order valence-electron chi connectivity index (χ1n) is 7.27. The second kappa shape index (κ2) is 9.50. The van der Waals surface area contributed by atoms with E-state index in [1.807, 2.05) is 38.1 Å². The Morgan fingerprint density at radius 1 is 1.10 bits per heavy atom. The summed E-state index contributed by atoms with van der Waals surface area (Å²) < 4.78 is 10.7. The quantitative estimate of drug-likeness (QED) is 0.487. The van der Waals surface area contributed by atoms with Crippen LogP contribution in [-0.2, 0) is 4.74 Å². The number of carbonyl (C=O) groups is 1. The molecule has 0 heterocycles. The third-order valence-corrected chi connectivity index (χ3v) is 3.06. The van der Waals surface area contributed by atoms with E-state index in [1.54, 1.807) is 0 Å². The highest BCUT2D eigenvalue weighted by Crippen LogP contribution is 2.12. The highest BCUT2D eigenvalue weighted by Gasteiger charge is 2.11. The van der Waals surface area contributed by atoms with Crippen LogP contribution in [0.15, 0.2) is 24.3 Å². The molecule has 112 valence electrons. The monoisotopic (exact) mass is 279 g/mol. The highest BCUT2D eigenvalue weighted by atomic mass is 16.5. The van der Waals surface area contributed by atoms with Crippen molar-refractivity contribution in [2.75, 3.05) is 39.5 Å². The molecule has 0 unspecified atom stereocenters. The number of ether oxygens (including phenoxy) is 2. The molecule has 0 aromatic heterocycles. The summed E-state index contributed by atoms with van der Waals surface area (Å²) in [5, 5.41) is 0. The lowest BCUT2D eigenvalue weighted by atomic mass is 10.1. The Bertz CT molecular complexity index is 389. The highest BCUT2D eigenvalue weighted by molar-refractivity contribution is 5.97. The maximum Gasteiger partial charge on any atom is 0.176 e. The Morgan fingerprint density at radius 2 is 1.80 bits per heavy atom. The summed E-state index contributed by atoms with van der Waals surface area (Å²) in [7, 11) is 0. The summed E-state index contributed by atoms with van der Waals surface area (Å²) in [6, 6.07) is 7.33. The van der Waals surface area contributed by atoms with Gasteiger partial charge in [-0.1, -0.05) is 6.92 Å². The Labute approximate surface area is 121 Å². The smallest absolute Gasteiger partial charge is 0.176 e. The first kappa shape index (κ1) is 16.7. The van der Waals surface area contributed by atoms with Crippen LogP contribution < -0.4 is 4.74 Å². The third-order valence-electron chi connectivity index (χ3n) is 3.06. The van der Waals surface area contributed by atoms with Gasteiger partial charge in [0.05, 0.1) is 19.8 Å².